The number of anilines is 1. The molecule has 0 unspecified atom stereocenters. The summed E-state index contributed by atoms with van der Waals surface area (Å²) in [5.41, 5.74) is 5.20. The molecule has 27 heavy (non-hydrogen) atoms. The number of esters is 1. The standard InChI is InChI=1S/C22H27N3O2/c1-6-8-11-25(5)21-17(22(26)27-7-2)13-23-20-16-12-14(3)9-10-18(16)24-15(4)19(20)21/h9-10,12-13H,6-8,11H2,1-5H3. The zero-order valence-electron chi connectivity index (χ0n) is 16.8. The van der Waals surface area contributed by atoms with E-state index in [9.17, 15) is 4.79 Å². The maximum Gasteiger partial charge on any atom is 0.341 e. The molecule has 0 aliphatic heterocycles. The van der Waals surface area contributed by atoms with Crippen molar-refractivity contribution in [3.8, 4) is 0 Å². The molecule has 1 aromatic carbocycles. The molecule has 0 N–H and O–H groups in total. The van der Waals surface area contributed by atoms with Gasteiger partial charge in [0.1, 0.15) is 5.56 Å². The van der Waals surface area contributed by atoms with E-state index >= 15 is 0 Å². The highest BCUT2D eigenvalue weighted by molar-refractivity contribution is 6.13. The second-order valence-electron chi connectivity index (χ2n) is 6.96. The number of fused-ring (bicyclic) bond motifs is 3. The normalized spacial score (nSPS) is 11.1. The Morgan fingerprint density at radius 3 is 2.70 bits per heavy atom. The van der Waals surface area contributed by atoms with E-state index in [-0.39, 0.29) is 5.97 Å². The zero-order chi connectivity index (χ0) is 19.6. The topological polar surface area (TPSA) is 55.3 Å². The van der Waals surface area contributed by atoms with E-state index in [1.165, 1.54) is 0 Å². The van der Waals surface area contributed by atoms with Crippen LogP contribution in [0.4, 0.5) is 5.69 Å². The van der Waals surface area contributed by atoms with Crippen LogP contribution in [0.3, 0.4) is 0 Å². The molecule has 0 radical (unpaired) electrons. The van der Waals surface area contributed by atoms with Gasteiger partial charge in [0.25, 0.3) is 0 Å². The molecule has 3 rings (SSSR count). The number of unbranched alkanes of at least 4 members (excludes halogenated alkanes) is 1. The average Bonchev–Trinajstić information content (AvgIpc) is 2.66. The molecule has 0 aliphatic carbocycles. The Hall–Kier alpha value is -2.69. The molecule has 2 heterocycles. The first-order chi connectivity index (χ1) is 13.0. The number of carbonyl (C=O) groups is 1. The highest BCUT2D eigenvalue weighted by Crippen LogP contribution is 2.35. The molecule has 0 atom stereocenters. The molecule has 0 spiro atoms. The molecule has 0 aliphatic rings. The van der Waals surface area contributed by atoms with Crippen molar-refractivity contribution in [3.05, 3.63) is 41.2 Å². The maximum atomic E-state index is 12.6. The molecule has 142 valence electrons. The van der Waals surface area contributed by atoms with E-state index in [2.05, 4.69) is 35.9 Å². The summed E-state index contributed by atoms with van der Waals surface area (Å²) in [4.78, 5) is 24.2. The van der Waals surface area contributed by atoms with Crippen LogP contribution in [0.1, 0.15) is 48.3 Å². The predicted molar refractivity (Wildman–Crippen MR) is 111 cm³/mol. The van der Waals surface area contributed by atoms with E-state index in [0.29, 0.717) is 12.2 Å². The van der Waals surface area contributed by atoms with Crippen molar-refractivity contribution in [1.82, 2.24) is 9.97 Å². The minimum atomic E-state index is -0.339. The van der Waals surface area contributed by atoms with E-state index in [1.54, 1.807) is 6.20 Å². The molecular formula is C22H27N3O2. The first kappa shape index (κ1) is 19.1. The monoisotopic (exact) mass is 365 g/mol. The lowest BCUT2D eigenvalue weighted by atomic mass is 10.0. The third-order valence-corrected chi connectivity index (χ3v) is 4.83. The van der Waals surface area contributed by atoms with Gasteiger partial charge in [-0.15, -0.1) is 0 Å². The lowest BCUT2D eigenvalue weighted by Gasteiger charge is -2.24. The SMILES string of the molecule is CCCCN(C)c1c(C(=O)OCC)cnc2c1c(C)nc1ccc(C)cc12. The number of rotatable bonds is 6. The largest absolute Gasteiger partial charge is 0.462 e. The number of aryl methyl sites for hydroxylation is 2. The van der Waals surface area contributed by atoms with E-state index in [1.807, 2.05) is 27.0 Å². The number of carbonyl (C=O) groups excluding carboxylic acids is 1. The van der Waals surface area contributed by atoms with Gasteiger partial charge in [0.15, 0.2) is 0 Å². The molecule has 0 amide bonds. The molecule has 0 saturated carbocycles. The summed E-state index contributed by atoms with van der Waals surface area (Å²) >= 11 is 0. The van der Waals surface area contributed by atoms with Crippen LogP contribution in [0, 0.1) is 13.8 Å². The number of nitrogens with zero attached hydrogens (tertiary/aromatic N) is 3. The number of pyridine rings is 2. The van der Waals surface area contributed by atoms with Crippen LogP contribution in [-0.2, 0) is 4.74 Å². The number of aromatic nitrogens is 2. The molecule has 5 heteroatoms. The van der Waals surface area contributed by atoms with Crippen LogP contribution < -0.4 is 4.90 Å². The summed E-state index contributed by atoms with van der Waals surface area (Å²) in [6, 6.07) is 6.19. The van der Waals surface area contributed by atoms with Crippen molar-refractivity contribution in [2.75, 3.05) is 25.1 Å². The van der Waals surface area contributed by atoms with Gasteiger partial charge >= 0.3 is 5.97 Å². The first-order valence-corrected chi connectivity index (χ1v) is 9.55. The number of ether oxygens (including phenoxy) is 1. The second-order valence-corrected chi connectivity index (χ2v) is 6.96. The van der Waals surface area contributed by atoms with Gasteiger partial charge in [-0.25, -0.2) is 4.79 Å². The first-order valence-electron chi connectivity index (χ1n) is 9.55. The quantitative estimate of drug-likeness (QED) is 0.463. The van der Waals surface area contributed by atoms with Crippen molar-refractivity contribution in [3.63, 3.8) is 0 Å². The van der Waals surface area contributed by atoms with Gasteiger partial charge < -0.3 is 9.64 Å². The summed E-state index contributed by atoms with van der Waals surface area (Å²) in [5.74, 6) is -0.339. The minimum absolute atomic E-state index is 0.336. The van der Waals surface area contributed by atoms with Gasteiger partial charge in [0.05, 0.1) is 23.3 Å². The van der Waals surface area contributed by atoms with Gasteiger partial charge in [-0.2, -0.15) is 0 Å². The van der Waals surface area contributed by atoms with Crippen LogP contribution in [0.25, 0.3) is 21.8 Å². The van der Waals surface area contributed by atoms with Crippen molar-refractivity contribution in [2.24, 2.45) is 0 Å². The minimum Gasteiger partial charge on any atom is -0.462 e. The smallest absolute Gasteiger partial charge is 0.341 e. The Morgan fingerprint density at radius 1 is 1.22 bits per heavy atom. The molecule has 3 aromatic rings. The Balaban J connectivity index is 2.35. The van der Waals surface area contributed by atoms with Crippen molar-refractivity contribution < 1.29 is 9.53 Å². The fourth-order valence-corrected chi connectivity index (χ4v) is 3.48. The van der Waals surface area contributed by atoms with Crippen LogP contribution in [0.15, 0.2) is 24.4 Å². The highest BCUT2D eigenvalue weighted by atomic mass is 16.5. The number of benzene rings is 1. The lowest BCUT2D eigenvalue weighted by molar-refractivity contribution is 0.0527. The average molecular weight is 365 g/mol. The Kier molecular flexibility index (Phi) is 5.59. The fraction of sp³-hybridized carbons (Fsp3) is 0.409. The van der Waals surface area contributed by atoms with Crippen molar-refractivity contribution in [1.29, 1.82) is 0 Å². The summed E-state index contributed by atoms with van der Waals surface area (Å²) in [5, 5.41) is 1.94. The third kappa shape index (κ3) is 3.59. The van der Waals surface area contributed by atoms with Gasteiger partial charge in [0, 0.05) is 36.3 Å². The second kappa shape index (κ2) is 7.91. The third-order valence-electron chi connectivity index (χ3n) is 4.83. The van der Waals surface area contributed by atoms with E-state index in [4.69, 9.17) is 9.72 Å². The summed E-state index contributed by atoms with van der Waals surface area (Å²) < 4.78 is 5.29. The summed E-state index contributed by atoms with van der Waals surface area (Å²) in [7, 11) is 2.02. The maximum absolute atomic E-state index is 12.6. The molecule has 0 saturated heterocycles. The molecule has 0 fully saturated rings. The molecular weight excluding hydrogens is 338 g/mol. The molecule has 0 bridgehead atoms. The Labute approximate surface area is 160 Å². The lowest BCUT2D eigenvalue weighted by Crippen LogP contribution is -2.23. The van der Waals surface area contributed by atoms with E-state index < -0.39 is 0 Å². The van der Waals surface area contributed by atoms with Gasteiger partial charge in [-0.1, -0.05) is 25.0 Å². The predicted octanol–water partition coefficient (Wildman–Crippen LogP) is 4.81. The molecule has 2 aromatic heterocycles. The fourth-order valence-electron chi connectivity index (χ4n) is 3.48. The van der Waals surface area contributed by atoms with Crippen LogP contribution in [0.2, 0.25) is 0 Å². The summed E-state index contributed by atoms with van der Waals surface area (Å²) in [6.07, 6.45) is 3.78. The van der Waals surface area contributed by atoms with Crippen LogP contribution in [0.5, 0.6) is 0 Å². The van der Waals surface area contributed by atoms with Crippen LogP contribution in [-0.4, -0.2) is 36.1 Å². The van der Waals surface area contributed by atoms with E-state index in [0.717, 1.165) is 58.1 Å². The Bertz CT molecular complexity index is 998. The Morgan fingerprint density at radius 2 is 2.00 bits per heavy atom. The van der Waals surface area contributed by atoms with Crippen molar-refractivity contribution in [2.45, 2.75) is 40.5 Å². The van der Waals surface area contributed by atoms with Gasteiger partial charge in [-0.3, -0.25) is 9.97 Å². The van der Waals surface area contributed by atoms with Crippen LogP contribution >= 0.6 is 0 Å². The van der Waals surface area contributed by atoms with Crippen molar-refractivity contribution >= 4 is 33.5 Å². The number of hydrogen-bond acceptors (Lipinski definition) is 5. The molecule has 5 nitrogen and oxygen atoms in total. The zero-order valence-corrected chi connectivity index (χ0v) is 16.8. The summed E-state index contributed by atoms with van der Waals surface area (Å²) in [6.45, 7) is 9.21. The number of hydrogen-bond donors (Lipinski definition) is 0. The van der Waals surface area contributed by atoms with Gasteiger partial charge in [0.2, 0.25) is 0 Å². The highest BCUT2D eigenvalue weighted by Gasteiger charge is 2.22. The van der Waals surface area contributed by atoms with Gasteiger partial charge in [-0.05, 0) is 39.3 Å².